The van der Waals surface area contributed by atoms with E-state index in [0.29, 0.717) is 33.8 Å². The van der Waals surface area contributed by atoms with Crippen LogP contribution in [0.15, 0.2) is 70.0 Å². The molecule has 0 saturated carbocycles. The summed E-state index contributed by atoms with van der Waals surface area (Å²) in [7, 11) is 1.53. The monoisotopic (exact) mass is 580 g/mol. The molecule has 1 aliphatic heterocycles. The first-order valence-corrected chi connectivity index (χ1v) is 13.0. The molecule has 0 unspecified atom stereocenters. The Bertz CT molecular complexity index is 1390. The summed E-state index contributed by atoms with van der Waals surface area (Å²) >= 11 is 4.31. The number of carbonyl (C=O) groups excluding carboxylic acids is 3. The molecule has 1 saturated heterocycles. The minimum atomic E-state index is -0.523. The van der Waals surface area contributed by atoms with Crippen molar-refractivity contribution in [2.24, 2.45) is 0 Å². The third kappa shape index (κ3) is 6.42. The van der Waals surface area contributed by atoms with E-state index in [1.54, 1.807) is 24.3 Å². The van der Waals surface area contributed by atoms with Crippen molar-refractivity contribution in [3.05, 3.63) is 92.3 Å². The fourth-order valence-electron chi connectivity index (χ4n) is 3.64. The summed E-state index contributed by atoms with van der Waals surface area (Å²) in [6.07, 6.45) is 1.60. The zero-order valence-electron chi connectivity index (χ0n) is 20.5. The molecule has 3 aromatic carbocycles. The van der Waals surface area contributed by atoms with Crippen molar-refractivity contribution < 1.29 is 23.9 Å². The van der Waals surface area contributed by atoms with Crippen LogP contribution >= 0.6 is 27.7 Å². The molecule has 37 heavy (non-hydrogen) atoms. The van der Waals surface area contributed by atoms with Crippen molar-refractivity contribution in [2.45, 2.75) is 20.5 Å². The summed E-state index contributed by atoms with van der Waals surface area (Å²) in [4.78, 5) is 39.2. The lowest BCUT2D eigenvalue weighted by Gasteiger charge is -2.14. The van der Waals surface area contributed by atoms with Gasteiger partial charge in [0, 0.05) is 5.69 Å². The number of nitrogens with one attached hydrogen (secondary N) is 1. The number of ether oxygens (including phenoxy) is 2. The van der Waals surface area contributed by atoms with Gasteiger partial charge in [-0.15, -0.1) is 0 Å². The van der Waals surface area contributed by atoms with Gasteiger partial charge in [0.05, 0.1) is 16.5 Å². The number of halogens is 1. The van der Waals surface area contributed by atoms with Crippen molar-refractivity contribution >= 4 is 56.5 Å². The highest BCUT2D eigenvalue weighted by Gasteiger charge is 2.36. The molecule has 4 rings (SSSR count). The fourth-order valence-corrected chi connectivity index (χ4v) is 5.06. The topological polar surface area (TPSA) is 84.9 Å². The second-order valence-electron chi connectivity index (χ2n) is 8.42. The summed E-state index contributed by atoms with van der Waals surface area (Å²) in [5.41, 5.74) is 4.40. The Morgan fingerprint density at radius 1 is 1.05 bits per heavy atom. The predicted molar refractivity (Wildman–Crippen MR) is 149 cm³/mol. The number of aryl methyl sites for hydroxylation is 2. The van der Waals surface area contributed by atoms with E-state index in [1.165, 1.54) is 7.11 Å². The van der Waals surface area contributed by atoms with Crippen LogP contribution < -0.4 is 14.8 Å². The number of amides is 3. The third-order valence-electron chi connectivity index (χ3n) is 5.74. The molecule has 190 valence electrons. The molecular formula is C28H25BrN2O5S. The quantitative estimate of drug-likeness (QED) is 0.313. The SMILES string of the molecule is COc1cc(/C=C2/SC(=O)N(CC(=O)Nc3ccc(C)c(C)c3)C2=O)cc(Br)c1OCc1ccccc1. The Balaban J connectivity index is 1.46. The average Bonchev–Trinajstić information content (AvgIpc) is 3.13. The normalized spacial score (nSPS) is 14.3. The van der Waals surface area contributed by atoms with Crippen LogP contribution in [0.25, 0.3) is 6.08 Å². The molecular weight excluding hydrogens is 556 g/mol. The first kappa shape index (κ1) is 26.5. The van der Waals surface area contributed by atoms with Gasteiger partial charge in [-0.1, -0.05) is 36.4 Å². The second-order valence-corrected chi connectivity index (χ2v) is 10.3. The van der Waals surface area contributed by atoms with Crippen LogP contribution in [-0.4, -0.2) is 35.6 Å². The van der Waals surface area contributed by atoms with E-state index in [-0.39, 0.29) is 11.4 Å². The Hall–Kier alpha value is -3.56. The van der Waals surface area contributed by atoms with Gasteiger partial charge in [-0.05, 0) is 94.1 Å². The molecule has 3 amide bonds. The van der Waals surface area contributed by atoms with Gasteiger partial charge in [0.15, 0.2) is 11.5 Å². The van der Waals surface area contributed by atoms with Crippen LogP contribution in [0.4, 0.5) is 10.5 Å². The number of anilines is 1. The maximum absolute atomic E-state index is 12.9. The number of methoxy groups -OCH3 is 1. The molecule has 0 atom stereocenters. The summed E-state index contributed by atoms with van der Waals surface area (Å²) in [6, 6.07) is 18.8. The lowest BCUT2D eigenvalue weighted by molar-refractivity contribution is -0.127. The largest absolute Gasteiger partial charge is 0.493 e. The van der Waals surface area contributed by atoms with Crippen LogP contribution in [0.1, 0.15) is 22.3 Å². The van der Waals surface area contributed by atoms with Gasteiger partial charge in [0.25, 0.3) is 11.1 Å². The zero-order chi connectivity index (χ0) is 26.5. The summed E-state index contributed by atoms with van der Waals surface area (Å²) in [5.74, 6) is 0.0315. The maximum Gasteiger partial charge on any atom is 0.294 e. The Labute approximate surface area is 228 Å². The van der Waals surface area contributed by atoms with E-state index in [2.05, 4.69) is 21.2 Å². The van der Waals surface area contributed by atoms with E-state index >= 15 is 0 Å². The fraction of sp³-hybridized carbons (Fsp3) is 0.179. The summed E-state index contributed by atoms with van der Waals surface area (Å²) in [6.45, 7) is 3.92. The van der Waals surface area contributed by atoms with E-state index in [1.807, 2.05) is 56.3 Å². The molecule has 0 aromatic heterocycles. The molecule has 0 radical (unpaired) electrons. The van der Waals surface area contributed by atoms with E-state index in [4.69, 9.17) is 9.47 Å². The van der Waals surface area contributed by atoms with E-state index < -0.39 is 17.1 Å². The molecule has 1 heterocycles. The molecule has 0 spiro atoms. The van der Waals surface area contributed by atoms with Gasteiger partial charge in [0.2, 0.25) is 5.91 Å². The van der Waals surface area contributed by atoms with Crippen LogP contribution in [0.5, 0.6) is 11.5 Å². The highest BCUT2D eigenvalue weighted by atomic mass is 79.9. The molecule has 0 bridgehead atoms. The standard InChI is InChI=1S/C28H25BrN2O5S/c1-17-9-10-21(11-18(17)2)30-25(32)15-31-27(33)24(37-28(31)34)14-20-12-22(29)26(23(13-20)35-3)36-16-19-7-5-4-6-8-19/h4-14H,15-16H2,1-3H3,(H,30,32)/b24-14+. The minimum absolute atomic E-state index is 0.218. The molecule has 7 nitrogen and oxygen atoms in total. The minimum Gasteiger partial charge on any atom is -0.493 e. The van der Waals surface area contributed by atoms with Crippen molar-refractivity contribution in [2.75, 3.05) is 19.0 Å². The molecule has 1 aliphatic rings. The van der Waals surface area contributed by atoms with Crippen LogP contribution in [0, 0.1) is 13.8 Å². The molecule has 0 aliphatic carbocycles. The van der Waals surface area contributed by atoms with Crippen molar-refractivity contribution in [3.8, 4) is 11.5 Å². The van der Waals surface area contributed by atoms with Gasteiger partial charge >= 0.3 is 0 Å². The maximum atomic E-state index is 12.9. The Morgan fingerprint density at radius 3 is 2.51 bits per heavy atom. The summed E-state index contributed by atoms with van der Waals surface area (Å²) in [5, 5.41) is 2.24. The van der Waals surface area contributed by atoms with Crippen molar-refractivity contribution in [3.63, 3.8) is 0 Å². The van der Waals surface area contributed by atoms with Gasteiger partial charge in [-0.2, -0.15) is 0 Å². The number of benzene rings is 3. The first-order chi connectivity index (χ1) is 17.7. The number of rotatable bonds is 8. The number of carbonyl (C=O) groups is 3. The van der Waals surface area contributed by atoms with Gasteiger partial charge < -0.3 is 14.8 Å². The van der Waals surface area contributed by atoms with Crippen LogP contribution in [0.3, 0.4) is 0 Å². The van der Waals surface area contributed by atoms with Gasteiger partial charge in [0.1, 0.15) is 13.2 Å². The summed E-state index contributed by atoms with van der Waals surface area (Å²) < 4.78 is 12.1. The second kappa shape index (κ2) is 11.7. The van der Waals surface area contributed by atoms with Gasteiger partial charge in [-0.3, -0.25) is 19.3 Å². The van der Waals surface area contributed by atoms with Crippen molar-refractivity contribution in [1.82, 2.24) is 4.90 Å². The molecule has 3 aromatic rings. The van der Waals surface area contributed by atoms with E-state index in [9.17, 15) is 14.4 Å². The number of hydrogen-bond donors (Lipinski definition) is 1. The number of imide groups is 1. The first-order valence-electron chi connectivity index (χ1n) is 11.4. The highest BCUT2D eigenvalue weighted by molar-refractivity contribution is 9.10. The Kier molecular flexibility index (Phi) is 8.35. The third-order valence-corrected chi connectivity index (χ3v) is 7.24. The molecule has 9 heteroatoms. The van der Waals surface area contributed by atoms with Crippen molar-refractivity contribution in [1.29, 1.82) is 0 Å². The highest BCUT2D eigenvalue weighted by Crippen LogP contribution is 2.39. The predicted octanol–water partition coefficient (Wildman–Crippen LogP) is 6.33. The number of nitrogens with zero attached hydrogens (tertiary/aromatic N) is 1. The molecule has 1 fully saturated rings. The number of thioether (sulfide) groups is 1. The van der Waals surface area contributed by atoms with E-state index in [0.717, 1.165) is 33.4 Å². The average molecular weight is 581 g/mol. The van der Waals surface area contributed by atoms with Crippen LogP contribution in [-0.2, 0) is 16.2 Å². The smallest absolute Gasteiger partial charge is 0.294 e. The zero-order valence-corrected chi connectivity index (χ0v) is 22.9. The molecule has 1 N–H and O–H groups in total. The number of hydrogen-bond acceptors (Lipinski definition) is 6. The lowest BCUT2D eigenvalue weighted by Crippen LogP contribution is -2.36. The lowest BCUT2D eigenvalue weighted by atomic mass is 10.1. The van der Waals surface area contributed by atoms with Crippen LogP contribution in [0.2, 0.25) is 0 Å². The van der Waals surface area contributed by atoms with Gasteiger partial charge in [-0.25, -0.2) is 0 Å². The Morgan fingerprint density at radius 2 is 1.81 bits per heavy atom.